The van der Waals surface area contributed by atoms with Gasteiger partial charge in [0.1, 0.15) is 46.5 Å². The van der Waals surface area contributed by atoms with Crippen LogP contribution in [-0.4, -0.2) is 0 Å². The highest BCUT2D eigenvalue weighted by molar-refractivity contribution is 6.33. The van der Waals surface area contributed by atoms with Crippen molar-refractivity contribution < 1.29 is 35.1 Å². The van der Waals surface area contributed by atoms with E-state index in [2.05, 4.69) is 0 Å². The predicted molar refractivity (Wildman–Crippen MR) is 212 cm³/mol. The van der Waals surface area contributed by atoms with Gasteiger partial charge in [0.05, 0.1) is 0 Å². The molecule has 2 aliphatic carbocycles. The molecular weight excluding hydrogens is 753 g/mol. The zero-order valence-corrected chi connectivity index (χ0v) is 29.7. The molecule has 0 amide bonds. The van der Waals surface area contributed by atoms with E-state index in [9.17, 15) is 17.6 Å². The highest BCUT2D eigenvalue weighted by Crippen LogP contribution is 2.63. The first-order valence-corrected chi connectivity index (χ1v) is 18.2. The third kappa shape index (κ3) is 4.94. The topological polar surface area (TPSA) is 0 Å². The second-order valence-electron chi connectivity index (χ2n) is 14.7. The van der Waals surface area contributed by atoms with Crippen molar-refractivity contribution in [1.29, 1.82) is 0 Å². The first kappa shape index (κ1) is 34.2. The van der Waals surface area contributed by atoms with E-state index in [0.717, 1.165) is 24.3 Å². The lowest BCUT2D eigenvalue weighted by molar-refractivity contribution is 0.583. The van der Waals surface area contributed by atoms with Gasteiger partial charge in [0.2, 0.25) is 0 Å². The van der Waals surface area contributed by atoms with Gasteiger partial charge in [0.15, 0.2) is 0 Å². The van der Waals surface area contributed by atoms with Crippen molar-refractivity contribution in [3.63, 3.8) is 0 Å². The molecule has 0 aliphatic heterocycles. The Kier molecular flexibility index (Phi) is 7.21. The van der Waals surface area contributed by atoms with E-state index in [1.165, 1.54) is 48.5 Å². The van der Waals surface area contributed by atoms with Crippen LogP contribution in [0.4, 0.5) is 35.1 Å². The van der Waals surface area contributed by atoms with Crippen LogP contribution >= 0.6 is 0 Å². The Bertz CT molecular complexity index is 3030. The van der Waals surface area contributed by atoms with Gasteiger partial charge in [-0.25, -0.2) is 35.1 Å². The van der Waals surface area contributed by atoms with Crippen LogP contribution in [0.2, 0.25) is 0 Å². The Hall–Kier alpha value is -7.06. The Balaban J connectivity index is 1.30. The molecular formula is C50H22F8. The molecule has 0 heterocycles. The number of fused-ring (bicyclic) bond motifs is 7. The summed E-state index contributed by atoms with van der Waals surface area (Å²) in [6, 6.07) is 30.9. The summed E-state index contributed by atoms with van der Waals surface area (Å²) in [5, 5.41) is 2.58. The highest BCUT2D eigenvalue weighted by atomic mass is 19.2. The zero-order valence-electron chi connectivity index (χ0n) is 29.7. The Morgan fingerprint density at radius 3 is 0.793 bits per heavy atom. The molecule has 58 heavy (non-hydrogen) atoms. The van der Waals surface area contributed by atoms with E-state index < -0.39 is 46.5 Å². The molecule has 9 aromatic rings. The Labute approximate surface area is 324 Å². The maximum atomic E-state index is 15.1. The van der Waals surface area contributed by atoms with E-state index in [1.54, 1.807) is 36.4 Å². The van der Waals surface area contributed by atoms with Crippen LogP contribution in [0.3, 0.4) is 0 Å². The third-order valence-corrected chi connectivity index (χ3v) is 11.3. The molecule has 0 nitrogen and oxygen atoms in total. The third-order valence-electron chi connectivity index (χ3n) is 11.3. The van der Waals surface area contributed by atoms with Crippen molar-refractivity contribution in [2.45, 2.75) is 0 Å². The fraction of sp³-hybridized carbons (Fsp3) is 0. The monoisotopic (exact) mass is 774 g/mol. The van der Waals surface area contributed by atoms with Gasteiger partial charge in [-0.3, -0.25) is 0 Å². The average Bonchev–Trinajstić information content (AvgIpc) is 3.68. The lowest BCUT2D eigenvalue weighted by Gasteiger charge is -2.21. The largest absolute Gasteiger partial charge is 0.207 e. The number of halogens is 8. The second-order valence-corrected chi connectivity index (χ2v) is 14.7. The van der Waals surface area contributed by atoms with Gasteiger partial charge in [0, 0.05) is 24.3 Å². The van der Waals surface area contributed by atoms with Crippen molar-refractivity contribution in [2.75, 3.05) is 0 Å². The summed E-state index contributed by atoms with van der Waals surface area (Å²) in [6.07, 6.45) is 0. The van der Waals surface area contributed by atoms with E-state index in [4.69, 9.17) is 0 Å². The van der Waals surface area contributed by atoms with Gasteiger partial charge in [-0.2, -0.15) is 0 Å². The molecule has 0 N–H and O–H groups in total. The first-order valence-electron chi connectivity index (χ1n) is 18.2. The van der Waals surface area contributed by atoms with Crippen LogP contribution in [0.5, 0.6) is 0 Å². The molecule has 0 saturated heterocycles. The summed E-state index contributed by atoms with van der Waals surface area (Å²) in [5.74, 6) is -6.33. The first-order chi connectivity index (χ1) is 28.0. The standard InChI is InChI=1S/C50H22F8/c51-27-11-23(12-28(52)19-27)35-5-6-36(24-13-29(53)20-30(54)14-24)46-40-8-10-42-48-41(9-7-39(45(35)46)47(40)48)49-43(25-15-31(55)21-32(56)16-25)37-3-1-2-4-38(37)44(50(42)49)26-17-33(57)22-34(58)18-26/h1-22H. The van der Waals surface area contributed by atoms with Crippen LogP contribution < -0.4 is 0 Å². The smallest absolute Gasteiger partial charge is 0.126 e. The highest BCUT2D eigenvalue weighted by Gasteiger charge is 2.36. The summed E-state index contributed by atoms with van der Waals surface area (Å²) < 4.78 is 120. The molecule has 0 fully saturated rings. The quantitative estimate of drug-likeness (QED) is 0.156. The van der Waals surface area contributed by atoms with Gasteiger partial charge >= 0.3 is 0 Å². The molecule has 0 saturated carbocycles. The van der Waals surface area contributed by atoms with E-state index >= 15 is 17.6 Å². The molecule has 8 heteroatoms. The van der Waals surface area contributed by atoms with Gasteiger partial charge in [-0.1, -0.05) is 60.7 Å². The second kappa shape index (κ2) is 12.2. The average molecular weight is 775 g/mol. The molecule has 0 bridgehead atoms. The molecule has 0 radical (unpaired) electrons. The van der Waals surface area contributed by atoms with E-state index in [-0.39, 0.29) is 22.3 Å². The summed E-state index contributed by atoms with van der Waals surface area (Å²) in [4.78, 5) is 0. The summed E-state index contributed by atoms with van der Waals surface area (Å²) >= 11 is 0. The number of rotatable bonds is 4. The van der Waals surface area contributed by atoms with Crippen LogP contribution in [0.1, 0.15) is 0 Å². The van der Waals surface area contributed by atoms with Gasteiger partial charge in [-0.05, 0) is 159 Å². The lowest BCUT2D eigenvalue weighted by atomic mass is 9.82. The maximum absolute atomic E-state index is 15.1. The minimum absolute atomic E-state index is 0.242. The zero-order chi connectivity index (χ0) is 39.7. The Morgan fingerprint density at radius 2 is 0.483 bits per heavy atom. The number of hydrogen-bond acceptors (Lipinski definition) is 0. The van der Waals surface area contributed by atoms with Crippen molar-refractivity contribution in [3.8, 4) is 89.0 Å². The molecule has 0 spiro atoms. The maximum Gasteiger partial charge on any atom is 0.126 e. The molecule has 9 aromatic carbocycles. The van der Waals surface area contributed by atoms with Crippen LogP contribution in [0.25, 0.3) is 111 Å². The number of hydrogen-bond donors (Lipinski definition) is 0. The molecule has 278 valence electrons. The molecule has 11 rings (SSSR count). The Morgan fingerprint density at radius 1 is 0.224 bits per heavy atom. The minimum Gasteiger partial charge on any atom is -0.207 e. The number of benzene rings is 9. The summed E-state index contributed by atoms with van der Waals surface area (Å²) in [7, 11) is 0. The molecule has 0 unspecified atom stereocenters. The van der Waals surface area contributed by atoms with Gasteiger partial charge in [0.25, 0.3) is 0 Å². The van der Waals surface area contributed by atoms with Crippen molar-refractivity contribution in [2.24, 2.45) is 0 Å². The van der Waals surface area contributed by atoms with Crippen LogP contribution in [0, 0.1) is 46.5 Å². The minimum atomic E-state index is -0.793. The summed E-state index contributed by atoms with van der Waals surface area (Å²) in [5.41, 5.74) is 7.89. The van der Waals surface area contributed by atoms with E-state index in [1.807, 2.05) is 24.3 Å². The van der Waals surface area contributed by atoms with Crippen molar-refractivity contribution in [3.05, 3.63) is 180 Å². The molecule has 0 atom stereocenters. The van der Waals surface area contributed by atoms with Crippen LogP contribution in [-0.2, 0) is 0 Å². The normalized spacial score (nSPS) is 12.1. The predicted octanol–water partition coefficient (Wildman–Crippen LogP) is 15.1. The molecule has 2 aliphatic rings. The van der Waals surface area contributed by atoms with Crippen molar-refractivity contribution >= 4 is 21.5 Å². The lowest BCUT2D eigenvalue weighted by Crippen LogP contribution is -1.95. The summed E-state index contributed by atoms with van der Waals surface area (Å²) in [6.45, 7) is 0. The van der Waals surface area contributed by atoms with Crippen LogP contribution in [0.15, 0.2) is 133 Å². The molecule has 0 aromatic heterocycles. The van der Waals surface area contributed by atoms with E-state index in [0.29, 0.717) is 88.3 Å². The SMILES string of the molecule is Fc1cc(F)cc(-c2ccc(-c3cc(F)cc(F)c3)c3c2-c2ccc4c5c(ccc-3c25)-c2c-4c(-c3cc(F)cc(F)c3)c3ccccc3c2-c2cc(F)cc(F)c2)c1. The van der Waals surface area contributed by atoms with Gasteiger partial charge in [-0.15, -0.1) is 0 Å². The van der Waals surface area contributed by atoms with Crippen molar-refractivity contribution in [1.82, 2.24) is 0 Å². The van der Waals surface area contributed by atoms with Gasteiger partial charge < -0.3 is 0 Å². The fourth-order valence-corrected chi connectivity index (χ4v) is 9.36. The fourth-order valence-electron chi connectivity index (χ4n) is 9.36.